The molecule has 7 heteroatoms. The largest absolute Gasteiger partial charge is 0.392 e. The first-order valence-electron chi connectivity index (χ1n) is 6.95. The Balaban J connectivity index is 1.73. The molecule has 0 spiro atoms. The monoisotopic (exact) mass is 281 g/mol. The molecule has 7 nitrogen and oxygen atoms in total. The van der Waals surface area contributed by atoms with E-state index in [0.717, 1.165) is 18.9 Å². The maximum absolute atomic E-state index is 12.0. The molecule has 0 bridgehead atoms. The topological polar surface area (TPSA) is 73.6 Å². The predicted octanol–water partition coefficient (Wildman–Crippen LogP) is -0.372. The van der Waals surface area contributed by atoms with Crippen molar-refractivity contribution in [1.29, 1.82) is 0 Å². The van der Waals surface area contributed by atoms with Crippen molar-refractivity contribution in [3.8, 4) is 0 Å². The van der Waals surface area contributed by atoms with Gasteiger partial charge in [-0.3, -0.25) is 4.90 Å². The number of aliphatic hydroxyl groups is 1. The van der Waals surface area contributed by atoms with Gasteiger partial charge in [0.1, 0.15) is 5.82 Å². The van der Waals surface area contributed by atoms with Crippen LogP contribution in [-0.2, 0) is 13.6 Å². The second kappa shape index (κ2) is 6.71. The Labute approximate surface area is 119 Å². The van der Waals surface area contributed by atoms with E-state index in [1.807, 2.05) is 22.7 Å². The molecule has 0 radical (unpaired) electrons. The molecule has 1 aromatic rings. The number of nitrogens with one attached hydrogen (secondary N) is 1. The zero-order chi connectivity index (χ0) is 14.5. The summed E-state index contributed by atoms with van der Waals surface area (Å²) in [7, 11) is 1.91. The number of aliphatic hydroxyl groups excluding tert-OH is 1. The molecular formula is C13H23N5O2. The fourth-order valence-electron chi connectivity index (χ4n) is 2.34. The molecule has 1 aliphatic rings. The summed E-state index contributed by atoms with van der Waals surface area (Å²) < 4.78 is 1.89. The van der Waals surface area contributed by atoms with Crippen LogP contribution in [0.15, 0.2) is 12.4 Å². The van der Waals surface area contributed by atoms with Crippen LogP contribution in [-0.4, -0.2) is 69.3 Å². The smallest absolute Gasteiger partial charge is 0.317 e. The second-order valence-electron chi connectivity index (χ2n) is 5.25. The van der Waals surface area contributed by atoms with E-state index in [0.29, 0.717) is 26.2 Å². The number of imidazole rings is 1. The zero-order valence-corrected chi connectivity index (χ0v) is 12.1. The summed E-state index contributed by atoms with van der Waals surface area (Å²) in [4.78, 5) is 20.2. The van der Waals surface area contributed by atoms with Gasteiger partial charge in [0.15, 0.2) is 0 Å². The predicted molar refractivity (Wildman–Crippen MR) is 75.1 cm³/mol. The van der Waals surface area contributed by atoms with E-state index in [1.165, 1.54) is 0 Å². The number of amides is 2. The number of carbonyl (C=O) groups excluding carboxylic acids is 1. The Morgan fingerprint density at radius 1 is 1.45 bits per heavy atom. The summed E-state index contributed by atoms with van der Waals surface area (Å²) in [5.74, 6) is 0.839. The van der Waals surface area contributed by atoms with Gasteiger partial charge in [-0.2, -0.15) is 0 Å². The van der Waals surface area contributed by atoms with Crippen LogP contribution in [0.2, 0.25) is 0 Å². The van der Waals surface area contributed by atoms with E-state index in [9.17, 15) is 9.90 Å². The number of piperazine rings is 1. The first-order chi connectivity index (χ1) is 9.56. The van der Waals surface area contributed by atoms with Crippen molar-refractivity contribution in [2.45, 2.75) is 19.6 Å². The van der Waals surface area contributed by atoms with Crippen molar-refractivity contribution >= 4 is 6.03 Å². The zero-order valence-electron chi connectivity index (χ0n) is 12.1. The van der Waals surface area contributed by atoms with Gasteiger partial charge in [-0.15, -0.1) is 0 Å². The molecule has 2 rings (SSSR count). The lowest BCUT2D eigenvalue weighted by Crippen LogP contribution is -2.52. The lowest BCUT2D eigenvalue weighted by Gasteiger charge is -2.35. The summed E-state index contributed by atoms with van der Waals surface area (Å²) >= 11 is 0. The summed E-state index contributed by atoms with van der Waals surface area (Å²) in [6.07, 6.45) is 3.26. The third-order valence-corrected chi connectivity index (χ3v) is 3.50. The van der Waals surface area contributed by atoms with Gasteiger partial charge in [0.25, 0.3) is 0 Å². The molecule has 2 N–H and O–H groups in total. The van der Waals surface area contributed by atoms with Crippen LogP contribution in [0.1, 0.15) is 12.7 Å². The second-order valence-corrected chi connectivity index (χ2v) is 5.25. The molecule has 1 aromatic heterocycles. The summed E-state index contributed by atoms with van der Waals surface area (Å²) in [6, 6.07) is -0.0512. The van der Waals surface area contributed by atoms with Crippen LogP contribution in [0.4, 0.5) is 4.79 Å². The molecular weight excluding hydrogens is 258 g/mol. The quantitative estimate of drug-likeness (QED) is 0.789. The summed E-state index contributed by atoms with van der Waals surface area (Å²) in [5, 5.41) is 12.2. The van der Waals surface area contributed by atoms with Crippen molar-refractivity contribution in [2.75, 3.05) is 32.7 Å². The van der Waals surface area contributed by atoms with Crippen molar-refractivity contribution in [1.82, 2.24) is 24.7 Å². The van der Waals surface area contributed by atoms with Crippen LogP contribution in [0.3, 0.4) is 0 Å². The number of carbonyl (C=O) groups is 1. The molecule has 0 aliphatic carbocycles. The van der Waals surface area contributed by atoms with Crippen LogP contribution in [0, 0.1) is 0 Å². The Morgan fingerprint density at radius 3 is 2.70 bits per heavy atom. The van der Waals surface area contributed by atoms with E-state index in [4.69, 9.17) is 0 Å². The average molecular weight is 281 g/mol. The molecule has 0 saturated carbocycles. The molecule has 2 amide bonds. The lowest BCUT2D eigenvalue weighted by atomic mass is 10.3. The third kappa shape index (κ3) is 3.94. The maximum Gasteiger partial charge on any atom is 0.317 e. The van der Waals surface area contributed by atoms with Crippen LogP contribution in [0.5, 0.6) is 0 Å². The standard InChI is InChI=1S/C13H23N5O2/c1-11(19)10-17-5-7-18(8-6-17)13(20)15-9-12-14-3-4-16(12)2/h3-4,11,19H,5-10H2,1-2H3,(H,15,20)/t11-/m1/s1. The van der Waals surface area contributed by atoms with Gasteiger partial charge in [-0.1, -0.05) is 0 Å². The van der Waals surface area contributed by atoms with Gasteiger partial charge in [-0.05, 0) is 6.92 Å². The SMILES string of the molecule is C[C@@H](O)CN1CCN(C(=O)NCc2nccn2C)CC1. The van der Waals surface area contributed by atoms with Gasteiger partial charge in [-0.25, -0.2) is 9.78 Å². The Kier molecular flexibility index (Phi) is 4.97. The van der Waals surface area contributed by atoms with Crippen molar-refractivity contribution in [3.63, 3.8) is 0 Å². The highest BCUT2D eigenvalue weighted by Gasteiger charge is 2.21. The maximum atomic E-state index is 12.0. The van der Waals surface area contributed by atoms with E-state index in [2.05, 4.69) is 15.2 Å². The minimum Gasteiger partial charge on any atom is -0.392 e. The van der Waals surface area contributed by atoms with Gasteiger partial charge < -0.3 is 19.9 Å². The number of nitrogens with zero attached hydrogens (tertiary/aromatic N) is 4. The van der Waals surface area contributed by atoms with Gasteiger partial charge in [0.2, 0.25) is 0 Å². The minimum atomic E-state index is -0.321. The molecule has 20 heavy (non-hydrogen) atoms. The Hall–Kier alpha value is -1.60. The van der Waals surface area contributed by atoms with Crippen LogP contribution in [0.25, 0.3) is 0 Å². The highest BCUT2D eigenvalue weighted by Crippen LogP contribution is 2.03. The molecule has 1 aliphatic heterocycles. The van der Waals surface area contributed by atoms with Gasteiger partial charge in [0.05, 0.1) is 12.6 Å². The minimum absolute atomic E-state index is 0.0512. The first kappa shape index (κ1) is 14.8. The Morgan fingerprint density at radius 2 is 2.15 bits per heavy atom. The molecule has 1 saturated heterocycles. The fourth-order valence-corrected chi connectivity index (χ4v) is 2.34. The fraction of sp³-hybridized carbons (Fsp3) is 0.692. The number of urea groups is 1. The molecule has 112 valence electrons. The van der Waals surface area contributed by atoms with Crippen molar-refractivity contribution in [3.05, 3.63) is 18.2 Å². The number of hydrogen-bond donors (Lipinski definition) is 2. The van der Waals surface area contributed by atoms with Gasteiger partial charge >= 0.3 is 6.03 Å². The summed E-state index contributed by atoms with van der Waals surface area (Å²) in [6.45, 7) is 5.89. The molecule has 1 atom stereocenters. The third-order valence-electron chi connectivity index (χ3n) is 3.50. The molecule has 0 aromatic carbocycles. The molecule has 1 fully saturated rings. The van der Waals surface area contributed by atoms with E-state index in [1.54, 1.807) is 13.1 Å². The van der Waals surface area contributed by atoms with Gasteiger partial charge in [0, 0.05) is 52.2 Å². The van der Waals surface area contributed by atoms with E-state index in [-0.39, 0.29) is 12.1 Å². The number of hydrogen-bond acceptors (Lipinski definition) is 4. The van der Waals surface area contributed by atoms with Crippen LogP contribution < -0.4 is 5.32 Å². The summed E-state index contributed by atoms with van der Waals surface area (Å²) in [5.41, 5.74) is 0. The van der Waals surface area contributed by atoms with E-state index >= 15 is 0 Å². The Bertz CT molecular complexity index is 438. The normalized spacial score (nSPS) is 18.1. The van der Waals surface area contributed by atoms with Crippen molar-refractivity contribution < 1.29 is 9.90 Å². The number of rotatable bonds is 4. The number of aromatic nitrogens is 2. The highest BCUT2D eigenvalue weighted by atomic mass is 16.3. The highest BCUT2D eigenvalue weighted by molar-refractivity contribution is 5.74. The molecule has 2 heterocycles. The number of β-amino-alcohol motifs (C(OH)–C–C–N with tert-alkyl or cyclic N) is 1. The van der Waals surface area contributed by atoms with Crippen LogP contribution >= 0.6 is 0 Å². The molecule has 0 unspecified atom stereocenters. The van der Waals surface area contributed by atoms with E-state index < -0.39 is 0 Å². The first-order valence-corrected chi connectivity index (χ1v) is 6.95. The average Bonchev–Trinajstić information content (AvgIpc) is 2.82. The lowest BCUT2D eigenvalue weighted by molar-refractivity contribution is 0.0896. The number of aryl methyl sites for hydroxylation is 1. The van der Waals surface area contributed by atoms with Crippen molar-refractivity contribution in [2.24, 2.45) is 7.05 Å².